The summed E-state index contributed by atoms with van der Waals surface area (Å²) in [6.07, 6.45) is 6.66. The second-order valence-corrected chi connectivity index (χ2v) is 10.9. The lowest BCUT2D eigenvalue weighted by atomic mass is 9.80. The number of hydrogen-bond acceptors (Lipinski definition) is 6. The molecule has 2 saturated heterocycles. The normalized spacial score (nSPS) is 41.5. The van der Waals surface area contributed by atoms with E-state index in [0.29, 0.717) is 24.3 Å². The number of aliphatic hydroxyl groups is 1. The number of alkyl halides is 1. The van der Waals surface area contributed by atoms with E-state index < -0.39 is 5.41 Å². The Balaban J connectivity index is 1.39. The second kappa shape index (κ2) is 9.59. The SMILES string of the molecule is CC1CCC(C2NCC(CNC(=O)C3(CO)CC3)C(N3CCC(CN)C3)N2)CC1Cl. The van der Waals surface area contributed by atoms with Crippen molar-refractivity contribution in [3.05, 3.63) is 0 Å². The Hall–Kier alpha value is -0.440. The van der Waals surface area contributed by atoms with Crippen LogP contribution in [0.3, 0.4) is 0 Å². The van der Waals surface area contributed by atoms with Gasteiger partial charge < -0.3 is 21.5 Å². The molecule has 7 nitrogen and oxygen atoms in total. The predicted molar refractivity (Wildman–Crippen MR) is 119 cm³/mol. The Morgan fingerprint density at radius 2 is 2.13 bits per heavy atom. The van der Waals surface area contributed by atoms with Crippen LogP contribution in [0.2, 0.25) is 0 Å². The van der Waals surface area contributed by atoms with Gasteiger partial charge >= 0.3 is 0 Å². The van der Waals surface area contributed by atoms with Crippen molar-refractivity contribution in [2.24, 2.45) is 34.8 Å². The van der Waals surface area contributed by atoms with E-state index in [2.05, 4.69) is 27.8 Å². The smallest absolute Gasteiger partial charge is 0.228 e. The van der Waals surface area contributed by atoms with Crippen LogP contribution in [-0.2, 0) is 4.79 Å². The molecule has 8 heteroatoms. The van der Waals surface area contributed by atoms with Gasteiger partial charge in [-0.15, -0.1) is 11.6 Å². The highest BCUT2D eigenvalue weighted by molar-refractivity contribution is 6.20. The molecule has 0 aromatic rings. The first-order chi connectivity index (χ1) is 14.5. The van der Waals surface area contributed by atoms with Crippen molar-refractivity contribution in [3.8, 4) is 0 Å². The largest absolute Gasteiger partial charge is 0.395 e. The summed E-state index contributed by atoms with van der Waals surface area (Å²) >= 11 is 6.61. The summed E-state index contributed by atoms with van der Waals surface area (Å²) in [6.45, 7) is 6.52. The topological polar surface area (TPSA) is 103 Å². The van der Waals surface area contributed by atoms with E-state index in [0.717, 1.165) is 51.9 Å². The Labute approximate surface area is 185 Å². The highest BCUT2D eigenvalue weighted by Gasteiger charge is 2.49. The molecule has 0 bridgehead atoms. The van der Waals surface area contributed by atoms with Crippen molar-refractivity contribution in [1.82, 2.24) is 20.9 Å². The molecule has 172 valence electrons. The lowest BCUT2D eigenvalue weighted by Crippen LogP contribution is -2.67. The van der Waals surface area contributed by atoms with E-state index in [-0.39, 0.29) is 36.1 Å². The molecule has 7 atom stereocenters. The van der Waals surface area contributed by atoms with Gasteiger partial charge in [-0.3, -0.25) is 15.0 Å². The van der Waals surface area contributed by atoms with Crippen LogP contribution in [-0.4, -0.2) is 73.0 Å². The number of nitrogens with one attached hydrogen (secondary N) is 3. The van der Waals surface area contributed by atoms with Gasteiger partial charge in [-0.2, -0.15) is 0 Å². The third-order valence-electron chi connectivity index (χ3n) is 8.21. The average Bonchev–Trinajstić information content (AvgIpc) is 3.43. The monoisotopic (exact) mass is 441 g/mol. The van der Waals surface area contributed by atoms with Gasteiger partial charge in [0.2, 0.25) is 5.91 Å². The van der Waals surface area contributed by atoms with Crippen LogP contribution >= 0.6 is 11.6 Å². The molecule has 4 rings (SSSR count). The van der Waals surface area contributed by atoms with Gasteiger partial charge in [-0.1, -0.05) is 6.92 Å². The Kier molecular flexibility index (Phi) is 7.27. The van der Waals surface area contributed by atoms with Gasteiger partial charge in [-0.25, -0.2) is 0 Å². The molecule has 0 aromatic carbocycles. The average molecular weight is 442 g/mol. The zero-order valence-electron chi connectivity index (χ0n) is 18.3. The van der Waals surface area contributed by atoms with Crippen LogP contribution in [0.15, 0.2) is 0 Å². The molecule has 2 aliphatic carbocycles. The summed E-state index contributed by atoms with van der Waals surface area (Å²) in [6, 6.07) is 0. The summed E-state index contributed by atoms with van der Waals surface area (Å²) in [5.74, 6) is 1.99. The zero-order chi connectivity index (χ0) is 21.3. The quantitative estimate of drug-likeness (QED) is 0.372. The van der Waals surface area contributed by atoms with Crippen molar-refractivity contribution in [1.29, 1.82) is 0 Å². The van der Waals surface area contributed by atoms with Crippen molar-refractivity contribution in [2.75, 3.05) is 39.3 Å². The van der Waals surface area contributed by atoms with Crippen molar-refractivity contribution >= 4 is 17.5 Å². The van der Waals surface area contributed by atoms with Gasteiger partial charge in [0, 0.05) is 37.5 Å². The van der Waals surface area contributed by atoms with Gasteiger partial charge in [0.25, 0.3) is 0 Å². The fourth-order valence-corrected chi connectivity index (χ4v) is 5.94. The lowest BCUT2D eigenvalue weighted by molar-refractivity contribution is -0.128. The number of halogens is 1. The number of nitrogens with two attached hydrogens (primary N) is 1. The maximum Gasteiger partial charge on any atom is 0.228 e. The van der Waals surface area contributed by atoms with E-state index in [4.69, 9.17) is 17.3 Å². The molecule has 0 aromatic heterocycles. The molecular weight excluding hydrogens is 402 g/mol. The highest BCUT2D eigenvalue weighted by atomic mass is 35.5. The van der Waals surface area contributed by atoms with Crippen molar-refractivity contribution < 1.29 is 9.90 Å². The predicted octanol–water partition coefficient (Wildman–Crippen LogP) is 0.661. The fraction of sp³-hybridized carbons (Fsp3) is 0.955. The second-order valence-electron chi connectivity index (χ2n) is 10.4. The minimum Gasteiger partial charge on any atom is -0.395 e. The van der Waals surface area contributed by atoms with Gasteiger partial charge in [0.15, 0.2) is 0 Å². The van der Waals surface area contributed by atoms with Crippen LogP contribution in [0.4, 0.5) is 0 Å². The van der Waals surface area contributed by atoms with Gasteiger partial charge in [0.05, 0.1) is 24.4 Å². The minimum atomic E-state index is -0.514. The van der Waals surface area contributed by atoms with E-state index in [9.17, 15) is 9.90 Å². The summed E-state index contributed by atoms with van der Waals surface area (Å²) < 4.78 is 0. The standard InChI is InChI=1S/C22H40ClN5O2/c1-14-2-3-16(8-18(14)23)19-25-10-17(11-26-21(30)22(13-29)5-6-22)20(27-19)28-7-4-15(9-24)12-28/h14-20,25,27,29H,2-13,24H2,1H3,(H,26,30). The summed E-state index contributed by atoms with van der Waals surface area (Å²) in [7, 11) is 0. The summed E-state index contributed by atoms with van der Waals surface area (Å²) in [5, 5.41) is 20.6. The molecule has 4 aliphatic rings. The Morgan fingerprint density at radius 3 is 2.77 bits per heavy atom. The molecule has 4 fully saturated rings. The number of aliphatic hydroxyl groups excluding tert-OH is 1. The van der Waals surface area contributed by atoms with E-state index in [1.165, 1.54) is 12.8 Å². The lowest BCUT2D eigenvalue weighted by Gasteiger charge is -2.47. The first-order valence-corrected chi connectivity index (χ1v) is 12.4. The number of rotatable bonds is 7. The third kappa shape index (κ3) is 4.81. The van der Waals surface area contributed by atoms with Crippen molar-refractivity contribution in [3.63, 3.8) is 0 Å². The number of likely N-dealkylation sites (tertiary alicyclic amines) is 1. The number of carbonyl (C=O) groups excluding carboxylic acids is 1. The first-order valence-electron chi connectivity index (χ1n) is 11.9. The number of amides is 1. The maximum absolute atomic E-state index is 12.5. The molecule has 30 heavy (non-hydrogen) atoms. The van der Waals surface area contributed by atoms with Crippen LogP contribution in [0.1, 0.15) is 45.4 Å². The number of carbonyl (C=O) groups is 1. The molecule has 2 saturated carbocycles. The molecule has 2 heterocycles. The Bertz CT molecular complexity index is 604. The van der Waals surface area contributed by atoms with Gasteiger partial charge in [0.1, 0.15) is 0 Å². The van der Waals surface area contributed by atoms with Crippen LogP contribution < -0.4 is 21.7 Å². The number of nitrogens with zero attached hydrogens (tertiary/aromatic N) is 1. The van der Waals surface area contributed by atoms with E-state index in [1.807, 2.05) is 0 Å². The van der Waals surface area contributed by atoms with E-state index in [1.54, 1.807) is 0 Å². The Morgan fingerprint density at radius 1 is 1.33 bits per heavy atom. The van der Waals surface area contributed by atoms with E-state index >= 15 is 0 Å². The zero-order valence-corrected chi connectivity index (χ0v) is 19.0. The van der Waals surface area contributed by atoms with Crippen LogP contribution in [0.25, 0.3) is 0 Å². The minimum absolute atomic E-state index is 0.0124. The van der Waals surface area contributed by atoms with Crippen LogP contribution in [0.5, 0.6) is 0 Å². The first kappa shape index (κ1) is 22.7. The number of hydrogen-bond donors (Lipinski definition) is 5. The van der Waals surface area contributed by atoms with Crippen LogP contribution in [0, 0.1) is 29.1 Å². The molecule has 0 radical (unpaired) electrons. The molecule has 2 aliphatic heterocycles. The molecular formula is C22H40ClN5O2. The van der Waals surface area contributed by atoms with Gasteiger partial charge in [-0.05, 0) is 62.8 Å². The third-order valence-corrected chi connectivity index (χ3v) is 8.82. The molecule has 7 unspecified atom stereocenters. The maximum atomic E-state index is 12.5. The van der Waals surface area contributed by atoms with Crippen molar-refractivity contribution in [2.45, 2.75) is 63.2 Å². The molecule has 0 spiro atoms. The highest BCUT2D eigenvalue weighted by Crippen LogP contribution is 2.45. The summed E-state index contributed by atoms with van der Waals surface area (Å²) in [4.78, 5) is 15.1. The summed E-state index contributed by atoms with van der Waals surface area (Å²) in [5.41, 5.74) is 5.43. The fourth-order valence-electron chi connectivity index (χ4n) is 5.59. The molecule has 1 amide bonds. The molecule has 6 N–H and O–H groups in total.